The number of halogens is 1. The number of amides is 1. The summed E-state index contributed by atoms with van der Waals surface area (Å²) in [6.45, 7) is 5.47. The predicted octanol–water partition coefficient (Wildman–Crippen LogP) is 4.99. The molecule has 0 radical (unpaired) electrons. The molecule has 1 heterocycles. The Hall–Kier alpha value is -3.06. The summed E-state index contributed by atoms with van der Waals surface area (Å²) in [5.41, 5.74) is 3.35. The highest BCUT2D eigenvalue weighted by molar-refractivity contribution is 7.16. The van der Waals surface area contributed by atoms with Crippen LogP contribution >= 0.6 is 11.3 Å². The van der Waals surface area contributed by atoms with E-state index in [1.54, 1.807) is 30.3 Å². The van der Waals surface area contributed by atoms with Gasteiger partial charge in [0.25, 0.3) is 5.91 Å². The van der Waals surface area contributed by atoms with Crippen LogP contribution in [0.3, 0.4) is 0 Å². The van der Waals surface area contributed by atoms with Gasteiger partial charge in [-0.2, -0.15) is 0 Å². The van der Waals surface area contributed by atoms with Crippen LogP contribution in [0.5, 0.6) is 0 Å². The summed E-state index contributed by atoms with van der Waals surface area (Å²) in [6.07, 6.45) is 0.772. The summed E-state index contributed by atoms with van der Waals surface area (Å²) in [5.74, 6) is -0.838. The second-order valence-electron chi connectivity index (χ2n) is 8.18. The Bertz CT molecular complexity index is 1130. The zero-order valence-corrected chi connectivity index (χ0v) is 17.7. The highest BCUT2D eigenvalue weighted by Gasteiger charge is 2.24. The minimum Gasteiger partial charge on any atom is -0.460 e. The van der Waals surface area contributed by atoms with Crippen LogP contribution in [0.15, 0.2) is 42.5 Å². The van der Waals surface area contributed by atoms with E-state index in [9.17, 15) is 14.0 Å². The summed E-state index contributed by atoms with van der Waals surface area (Å²) < 4.78 is 18.7. The number of nitrogens with one attached hydrogen (secondary N) is 1. The maximum Gasteiger partial charge on any atom is 0.310 e. The monoisotopic (exact) mass is 424 g/mol. The molecule has 0 bridgehead atoms. The lowest BCUT2D eigenvalue weighted by molar-refractivity contribution is -0.153. The molecule has 7 heteroatoms. The number of benzene rings is 2. The lowest BCUT2D eigenvalue weighted by Gasteiger charge is -2.19. The number of thiazole rings is 1. The third-order valence-electron chi connectivity index (χ3n) is 4.58. The van der Waals surface area contributed by atoms with Gasteiger partial charge in [-0.3, -0.25) is 14.9 Å². The van der Waals surface area contributed by atoms with Crippen LogP contribution in [0.25, 0.3) is 11.3 Å². The molecule has 3 aromatic rings. The number of rotatable bonds is 4. The molecule has 0 saturated carbocycles. The lowest BCUT2D eigenvalue weighted by Crippen LogP contribution is -2.24. The summed E-state index contributed by atoms with van der Waals surface area (Å²) in [7, 11) is 0. The van der Waals surface area contributed by atoms with E-state index >= 15 is 0 Å². The summed E-state index contributed by atoms with van der Waals surface area (Å²) in [5, 5.41) is 3.34. The average molecular weight is 424 g/mol. The Morgan fingerprint density at radius 1 is 1.17 bits per heavy atom. The standard InChI is InChI=1S/C23H21FN2O3S/c1-23(2,3)29-19(27)10-13-4-6-14(7-5-13)21(28)26-22-25-20-17-9-8-16(24)11-15(17)12-18(20)30-22/h4-9,11H,10,12H2,1-3H3,(H,25,26,28). The Morgan fingerprint density at radius 3 is 2.60 bits per heavy atom. The van der Waals surface area contributed by atoms with Gasteiger partial charge < -0.3 is 4.74 Å². The molecule has 2 aromatic carbocycles. The van der Waals surface area contributed by atoms with Gasteiger partial charge in [-0.05, 0) is 62.2 Å². The van der Waals surface area contributed by atoms with Crippen LogP contribution in [0.2, 0.25) is 0 Å². The third-order valence-corrected chi connectivity index (χ3v) is 5.55. The molecule has 154 valence electrons. The van der Waals surface area contributed by atoms with Crippen LogP contribution in [-0.2, 0) is 22.4 Å². The zero-order valence-electron chi connectivity index (χ0n) is 16.9. The molecular formula is C23H21FN2O3S. The minimum atomic E-state index is -0.528. The highest BCUT2D eigenvalue weighted by atomic mass is 32.1. The number of hydrogen-bond donors (Lipinski definition) is 1. The Kier molecular flexibility index (Phi) is 5.15. The van der Waals surface area contributed by atoms with Gasteiger partial charge >= 0.3 is 5.97 Å². The van der Waals surface area contributed by atoms with Gasteiger partial charge in [0.15, 0.2) is 5.13 Å². The second kappa shape index (κ2) is 7.65. The number of fused-ring (bicyclic) bond motifs is 3. The number of hydrogen-bond acceptors (Lipinski definition) is 5. The van der Waals surface area contributed by atoms with Crippen molar-refractivity contribution in [3.05, 3.63) is 69.8 Å². The number of nitrogens with zero attached hydrogens (tertiary/aromatic N) is 1. The summed E-state index contributed by atoms with van der Waals surface area (Å²) in [4.78, 5) is 30.0. The van der Waals surface area contributed by atoms with Gasteiger partial charge in [0.05, 0.1) is 12.1 Å². The molecule has 0 aliphatic heterocycles. The first-order chi connectivity index (χ1) is 14.2. The van der Waals surface area contributed by atoms with E-state index in [1.165, 1.54) is 23.5 Å². The van der Waals surface area contributed by atoms with Crippen molar-refractivity contribution in [3.8, 4) is 11.3 Å². The summed E-state index contributed by atoms with van der Waals surface area (Å²) in [6, 6.07) is 11.5. The van der Waals surface area contributed by atoms with Crippen LogP contribution in [-0.4, -0.2) is 22.5 Å². The Morgan fingerprint density at radius 2 is 1.90 bits per heavy atom. The molecule has 4 rings (SSSR count). The highest BCUT2D eigenvalue weighted by Crippen LogP contribution is 2.41. The zero-order chi connectivity index (χ0) is 21.5. The van der Waals surface area contributed by atoms with Gasteiger partial charge in [0.1, 0.15) is 11.4 Å². The minimum absolute atomic E-state index is 0.151. The maximum absolute atomic E-state index is 13.4. The maximum atomic E-state index is 13.4. The smallest absolute Gasteiger partial charge is 0.310 e. The summed E-state index contributed by atoms with van der Waals surface area (Å²) >= 11 is 1.40. The normalized spacial score (nSPS) is 12.3. The Labute approximate surface area is 177 Å². The van der Waals surface area contributed by atoms with Crippen molar-refractivity contribution < 1.29 is 18.7 Å². The van der Waals surface area contributed by atoms with Gasteiger partial charge in [-0.15, -0.1) is 11.3 Å². The molecule has 0 unspecified atom stereocenters. The van der Waals surface area contributed by atoms with Crippen LogP contribution in [0, 0.1) is 5.82 Å². The first-order valence-corrected chi connectivity index (χ1v) is 10.4. The molecule has 1 N–H and O–H groups in total. The van der Waals surface area contributed by atoms with Crippen molar-refractivity contribution in [2.45, 2.75) is 39.2 Å². The van der Waals surface area contributed by atoms with E-state index < -0.39 is 5.60 Å². The van der Waals surface area contributed by atoms with Crippen molar-refractivity contribution in [2.75, 3.05) is 5.32 Å². The molecule has 0 spiro atoms. The van der Waals surface area contributed by atoms with Crippen LogP contribution in [0.1, 0.15) is 47.1 Å². The molecular weight excluding hydrogens is 403 g/mol. The molecule has 1 aliphatic rings. The number of aromatic nitrogens is 1. The molecule has 0 saturated heterocycles. The van der Waals surface area contributed by atoms with Gasteiger partial charge in [0.2, 0.25) is 0 Å². The van der Waals surface area contributed by atoms with Crippen molar-refractivity contribution in [1.82, 2.24) is 4.98 Å². The van der Waals surface area contributed by atoms with Gasteiger partial charge in [0, 0.05) is 22.4 Å². The van der Waals surface area contributed by atoms with Crippen molar-refractivity contribution >= 4 is 28.3 Å². The quantitative estimate of drug-likeness (QED) is 0.469. The van der Waals surface area contributed by atoms with E-state index in [0.717, 1.165) is 27.3 Å². The predicted molar refractivity (Wildman–Crippen MR) is 114 cm³/mol. The van der Waals surface area contributed by atoms with E-state index in [0.29, 0.717) is 17.1 Å². The number of esters is 1. The fraction of sp³-hybridized carbons (Fsp3) is 0.261. The number of ether oxygens (including phenoxy) is 1. The Balaban J connectivity index is 1.41. The van der Waals surface area contributed by atoms with Crippen molar-refractivity contribution in [3.63, 3.8) is 0 Å². The molecule has 0 fully saturated rings. The van der Waals surface area contributed by atoms with Crippen molar-refractivity contribution in [2.24, 2.45) is 0 Å². The molecule has 1 amide bonds. The van der Waals surface area contributed by atoms with E-state index in [2.05, 4.69) is 10.3 Å². The molecule has 1 aliphatic carbocycles. The third kappa shape index (κ3) is 4.41. The second-order valence-corrected chi connectivity index (χ2v) is 9.27. The number of carbonyl (C=O) groups is 2. The van der Waals surface area contributed by atoms with Crippen LogP contribution < -0.4 is 5.32 Å². The van der Waals surface area contributed by atoms with E-state index in [-0.39, 0.29) is 24.1 Å². The van der Waals surface area contributed by atoms with Crippen LogP contribution in [0.4, 0.5) is 9.52 Å². The molecule has 0 atom stereocenters. The van der Waals surface area contributed by atoms with Gasteiger partial charge in [-0.1, -0.05) is 12.1 Å². The number of carbonyl (C=O) groups excluding carboxylic acids is 2. The average Bonchev–Trinajstić information content (AvgIpc) is 3.17. The lowest BCUT2D eigenvalue weighted by atomic mass is 10.1. The molecule has 30 heavy (non-hydrogen) atoms. The fourth-order valence-corrected chi connectivity index (χ4v) is 4.33. The SMILES string of the molecule is CC(C)(C)OC(=O)Cc1ccc(C(=O)Nc2nc3c(s2)Cc2cc(F)ccc2-3)cc1. The van der Waals surface area contributed by atoms with E-state index in [1.807, 2.05) is 20.8 Å². The first kappa shape index (κ1) is 20.2. The largest absolute Gasteiger partial charge is 0.460 e. The molecule has 1 aromatic heterocycles. The van der Waals surface area contributed by atoms with Crippen molar-refractivity contribution in [1.29, 1.82) is 0 Å². The fourth-order valence-electron chi connectivity index (χ4n) is 3.34. The first-order valence-electron chi connectivity index (χ1n) is 9.58. The van der Waals surface area contributed by atoms with E-state index in [4.69, 9.17) is 4.74 Å². The van der Waals surface area contributed by atoms with Gasteiger partial charge in [-0.25, -0.2) is 9.37 Å². The molecule has 5 nitrogen and oxygen atoms in total. The topological polar surface area (TPSA) is 68.3 Å². The number of anilines is 1.